The largest absolute Gasteiger partial charge is 0.497 e. The molecule has 0 bridgehead atoms. The molecule has 1 atom stereocenters. The number of hydrogen-bond acceptors (Lipinski definition) is 2. The molecule has 0 aromatic heterocycles. The first-order valence-electron chi connectivity index (χ1n) is 5.26. The van der Waals surface area contributed by atoms with E-state index in [0.29, 0.717) is 0 Å². The predicted octanol–water partition coefficient (Wildman–Crippen LogP) is 4.03. The first kappa shape index (κ1) is 13.2. The van der Waals surface area contributed by atoms with Crippen molar-refractivity contribution >= 4 is 11.6 Å². The van der Waals surface area contributed by atoms with Crippen molar-refractivity contribution < 1.29 is 9.47 Å². The lowest BCUT2D eigenvalue weighted by atomic mass is 9.87. The lowest BCUT2D eigenvalue weighted by molar-refractivity contribution is 0.364. The Balaban J connectivity index is 3.14. The average Bonchev–Trinajstić information content (AvgIpc) is 2.26. The van der Waals surface area contributed by atoms with Gasteiger partial charge < -0.3 is 9.47 Å². The Kier molecular flexibility index (Phi) is 4.09. The van der Waals surface area contributed by atoms with Gasteiger partial charge in [-0.1, -0.05) is 26.8 Å². The maximum atomic E-state index is 6.44. The number of methoxy groups -OCH3 is 2. The van der Waals surface area contributed by atoms with Crippen LogP contribution in [0, 0.1) is 5.41 Å². The maximum Gasteiger partial charge on any atom is 0.127 e. The number of hydrogen-bond donors (Lipinski definition) is 0. The molecule has 0 saturated heterocycles. The summed E-state index contributed by atoms with van der Waals surface area (Å²) in [7, 11) is 3.28. The predicted molar refractivity (Wildman–Crippen MR) is 67.6 cm³/mol. The number of ether oxygens (including phenoxy) is 2. The van der Waals surface area contributed by atoms with E-state index in [0.717, 1.165) is 17.1 Å². The SMILES string of the molecule is COc1ccc(C(Cl)C(C)(C)C)c(OC)c1. The second-order valence-electron chi connectivity index (χ2n) is 4.84. The van der Waals surface area contributed by atoms with Gasteiger partial charge in [0.2, 0.25) is 0 Å². The summed E-state index contributed by atoms with van der Waals surface area (Å²) in [6.45, 7) is 6.32. The second kappa shape index (κ2) is 4.96. The molecule has 0 fully saturated rings. The van der Waals surface area contributed by atoms with Gasteiger partial charge in [-0.25, -0.2) is 0 Å². The Hall–Kier alpha value is -0.890. The summed E-state index contributed by atoms with van der Waals surface area (Å²) in [6, 6.07) is 5.72. The molecule has 0 spiro atoms. The highest BCUT2D eigenvalue weighted by Crippen LogP contribution is 2.43. The highest BCUT2D eigenvalue weighted by molar-refractivity contribution is 6.21. The van der Waals surface area contributed by atoms with Crippen LogP contribution in [-0.2, 0) is 0 Å². The van der Waals surface area contributed by atoms with Crippen LogP contribution in [0.1, 0.15) is 31.7 Å². The van der Waals surface area contributed by atoms with Crippen LogP contribution in [0.3, 0.4) is 0 Å². The average molecular weight is 243 g/mol. The van der Waals surface area contributed by atoms with Gasteiger partial charge in [-0.3, -0.25) is 0 Å². The lowest BCUT2D eigenvalue weighted by Gasteiger charge is -2.26. The fourth-order valence-corrected chi connectivity index (χ4v) is 1.67. The van der Waals surface area contributed by atoms with Crippen molar-refractivity contribution in [3.63, 3.8) is 0 Å². The van der Waals surface area contributed by atoms with E-state index in [2.05, 4.69) is 20.8 Å². The van der Waals surface area contributed by atoms with Crippen molar-refractivity contribution in [3.05, 3.63) is 23.8 Å². The van der Waals surface area contributed by atoms with Crippen molar-refractivity contribution in [3.8, 4) is 11.5 Å². The quantitative estimate of drug-likeness (QED) is 0.745. The van der Waals surface area contributed by atoms with Crippen LogP contribution in [0.2, 0.25) is 0 Å². The summed E-state index contributed by atoms with van der Waals surface area (Å²) >= 11 is 6.44. The van der Waals surface area contributed by atoms with Gasteiger partial charge in [-0.15, -0.1) is 11.6 Å². The molecular weight excluding hydrogens is 224 g/mol. The summed E-state index contributed by atoms with van der Waals surface area (Å²) in [5.41, 5.74) is 0.987. The molecule has 0 saturated carbocycles. The third-order valence-electron chi connectivity index (χ3n) is 2.47. The minimum absolute atomic E-state index is 0.0105. The molecule has 90 valence electrons. The van der Waals surface area contributed by atoms with E-state index in [4.69, 9.17) is 21.1 Å². The fraction of sp³-hybridized carbons (Fsp3) is 0.538. The van der Waals surface area contributed by atoms with Gasteiger partial charge in [0.05, 0.1) is 19.6 Å². The standard InChI is InChI=1S/C13H19ClO2/c1-13(2,3)12(14)10-7-6-9(15-4)8-11(10)16-5/h6-8,12H,1-5H3. The first-order valence-corrected chi connectivity index (χ1v) is 5.69. The van der Waals surface area contributed by atoms with E-state index in [-0.39, 0.29) is 10.8 Å². The van der Waals surface area contributed by atoms with Crippen molar-refractivity contribution in [1.29, 1.82) is 0 Å². The maximum absolute atomic E-state index is 6.44. The molecule has 1 rings (SSSR count). The highest BCUT2D eigenvalue weighted by atomic mass is 35.5. The molecule has 3 heteroatoms. The van der Waals surface area contributed by atoms with Crippen LogP contribution in [-0.4, -0.2) is 14.2 Å². The van der Waals surface area contributed by atoms with Crippen molar-refractivity contribution in [1.82, 2.24) is 0 Å². The molecule has 0 aliphatic carbocycles. The Morgan fingerprint density at radius 3 is 2.19 bits per heavy atom. The van der Waals surface area contributed by atoms with Crippen molar-refractivity contribution in [2.75, 3.05) is 14.2 Å². The van der Waals surface area contributed by atoms with E-state index < -0.39 is 0 Å². The second-order valence-corrected chi connectivity index (χ2v) is 5.27. The molecule has 0 amide bonds. The first-order chi connectivity index (χ1) is 7.40. The van der Waals surface area contributed by atoms with E-state index in [1.807, 2.05) is 18.2 Å². The number of alkyl halides is 1. The minimum atomic E-state index is -0.0895. The van der Waals surface area contributed by atoms with Crippen LogP contribution >= 0.6 is 11.6 Å². The third kappa shape index (κ3) is 2.82. The zero-order valence-corrected chi connectivity index (χ0v) is 11.3. The van der Waals surface area contributed by atoms with Crippen LogP contribution < -0.4 is 9.47 Å². The van der Waals surface area contributed by atoms with Gasteiger partial charge in [0.25, 0.3) is 0 Å². The summed E-state index contributed by atoms with van der Waals surface area (Å²) in [4.78, 5) is 0. The zero-order chi connectivity index (χ0) is 12.3. The van der Waals surface area contributed by atoms with Crippen LogP contribution in [0.15, 0.2) is 18.2 Å². The van der Waals surface area contributed by atoms with E-state index in [1.54, 1.807) is 14.2 Å². The molecule has 0 heterocycles. The summed E-state index contributed by atoms with van der Waals surface area (Å²) in [5.74, 6) is 1.55. The molecule has 1 aromatic rings. The highest BCUT2D eigenvalue weighted by Gasteiger charge is 2.26. The molecule has 0 aliphatic rings. The van der Waals surface area contributed by atoms with Crippen molar-refractivity contribution in [2.24, 2.45) is 5.41 Å². The Labute approximate surface area is 103 Å². The Morgan fingerprint density at radius 1 is 1.12 bits per heavy atom. The van der Waals surface area contributed by atoms with Gasteiger partial charge in [-0.2, -0.15) is 0 Å². The number of halogens is 1. The van der Waals surface area contributed by atoms with Gasteiger partial charge >= 0.3 is 0 Å². The van der Waals surface area contributed by atoms with E-state index >= 15 is 0 Å². The molecule has 16 heavy (non-hydrogen) atoms. The van der Waals surface area contributed by atoms with Crippen LogP contribution in [0.5, 0.6) is 11.5 Å². The molecule has 0 radical (unpaired) electrons. The Bertz CT molecular complexity index is 355. The summed E-state index contributed by atoms with van der Waals surface area (Å²) in [5, 5.41) is -0.0895. The zero-order valence-electron chi connectivity index (χ0n) is 10.5. The van der Waals surface area contributed by atoms with E-state index in [9.17, 15) is 0 Å². The monoisotopic (exact) mass is 242 g/mol. The van der Waals surface area contributed by atoms with Crippen LogP contribution in [0.4, 0.5) is 0 Å². The molecule has 0 aliphatic heterocycles. The Morgan fingerprint density at radius 2 is 1.75 bits per heavy atom. The lowest BCUT2D eigenvalue weighted by Crippen LogP contribution is -2.14. The summed E-state index contributed by atoms with van der Waals surface area (Å²) in [6.07, 6.45) is 0. The number of benzene rings is 1. The van der Waals surface area contributed by atoms with Crippen LogP contribution in [0.25, 0.3) is 0 Å². The minimum Gasteiger partial charge on any atom is -0.497 e. The van der Waals surface area contributed by atoms with Gasteiger partial charge in [-0.05, 0) is 11.5 Å². The molecule has 2 nitrogen and oxygen atoms in total. The van der Waals surface area contributed by atoms with E-state index in [1.165, 1.54) is 0 Å². The molecule has 1 unspecified atom stereocenters. The van der Waals surface area contributed by atoms with Gasteiger partial charge in [0.15, 0.2) is 0 Å². The topological polar surface area (TPSA) is 18.5 Å². The van der Waals surface area contributed by atoms with Gasteiger partial charge in [0, 0.05) is 11.6 Å². The van der Waals surface area contributed by atoms with Crippen molar-refractivity contribution in [2.45, 2.75) is 26.1 Å². The molecule has 0 N–H and O–H groups in total. The molecule has 1 aromatic carbocycles. The number of rotatable bonds is 3. The molecular formula is C13H19ClO2. The normalized spacial score (nSPS) is 13.4. The van der Waals surface area contributed by atoms with Gasteiger partial charge in [0.1, 0.15) is 11.5 Å². The smallest absolute Gasteiger partial charge is 0.127 e. The third-order valence-corrected chi connectivity index (χ3v) is 3.36. The fourth-order valence-electron chi connectivity index (χ4n) is 1.49. The summed E-state index contributed by atoms with van der Waals surface area (Å²) < 4.78 is 10.5.